The predicted octanol–water partition coefficient (Wildman–Crippen LogP) is 1.52. The molecule has 0 bridgehead atoms. The minimum absolute atomic E-state index is 0.193. The minimum atomic E-state index is -0.193. The molecule has 0 saturated carbocycles. The Balaban J connectivity index is 2.64. The Bertz CT molecular complexity index is 170. The van der Waals surface area contributed by atoms with E-state index in [4.69, 9.17) is 4.74 Å². The van der Waals surface area contributed by atoms with E-state index >= 15 is 0 Å². The molecule has 0 amide bonds. The van der Waals surface area contributed by atoms with Crippen LogP contribution in [-0.4, -0.2) is 12.6 Å². The molecule has 1 aliphatic heterocycles. The molecule has 56 valence electrons. The quantitative estimate of drug-likeness (QED) is 0.477. The second kappa shape index (κ2) is 2.86. The number of rotatable bonds is 0. The van der Waals surface area contributed by atoms with Crippen LogP contribution in [0.3, 0.4) is 0 Å². The van der Waals surface area contributed by atoms with Crippen molar-refractivity contribution < 1.29 is 9.53 Å². The lowest BCUT2D eigenvalue weighted by atomic mass is 10.0. The predicted molar refractivity (Wildman–Crippen MR) is 38.5 cm³/mol. The van der Waals surface area contributed by atoms with Gasteiger partial charge < -0.3 is 4.74 Å². The standard InChI is InChI=1S/C8H12O2/c1-6-3-7(2)5-10-8(9)4-6/h4,7H,3,5H2,1-2H3/t7-/m0/s1. The Morgan fingerprint density at radius 1 is 1.70 bits per heavy atom. The van der Waals surface area contributed by atoms with Crippen molar-refractivity contribution in [3.8, 4) is 0 Å². The Morgan fingerprint density at radius 3 is 3.10 bits per heavy atom. The topological polar surface area (TPSA) is 26.3 Å². The molecule has 0 saturated heterocycles. The first-order valence-electron chi connectivity index (χ1n) is 3.52. The molecule has 10 heavy (non-hydrogen) atoms. The third kappa shape index (κ3) is 1.87. The Labute approximate surface area is 60.9 Å². The van der Waals surface area contributed by atoms with E-state index in [2.05, 4.69) is 6.92 Å². The van der Waals surface area contributed by atoms with Crippen LogP contribution in [0.25, 0.3) is 0 Å². The monoisotopic (exact) mass is 140 g/mol. The fourth-order valence-corrected chi connectivity index (χ4v) is 1.13. The number of carbonyl (C=O) groups excluding carboxylic acids is 1. The molecule has 0 aromatic rings. The van der Waals surface area contributed by atoms with Gasteiger partial charge in [-0.05, 0) is 19.3 Å². The molecule has 1 aliphatic rings. The summed E-state index contributed by atoms with van der Waals surface area (Å²) in [5.74, 6) is 0.282. The molecular weight excluding hydrogens is 128 g/mol. The average molecular weight is 140 g/mol. The zero-order chi connectivity index (χ0) is 7.56. The fourth-order valence-electron chi connectivity index (χ4n) is 1.13. The molecule has 2 heteroatoms. The fraction of sp³-hybridized carbons (Fsp3) is 0.625. The van der Waals surface area contributed by atoms with E-state index in [1.165, 1.54) is 0 Å². The van der Waals surface area contributed by atoms with Gasteiger partial charge >= 0.3 is 5.97 Å². The van der Waals surface area contributed by atoms with E-state index < -0.39 is 0 Å². The van der Waals surface area contributed by atoms with Crippen molar-refractivity contribution in [1.29, 1.82) is 0 Å². The summed E-state index contributed by atoms with van der Waals surface area (Å²) in [5.41, 5.74) is 1.12. The van der Waals surface area contributed by atoms with E-state index in [0.29, 0.717) is 12.5 Å². The van der Waals surface area contributed by atoms with E-state index in [9.17, 15) is 4.79 Å². The highest BCUT2D eigenvalue weighted by Gasteiger charge is 2.11. The number of cyclic esters (lactones) is 1. The van der Waals surface area contributed by atoms with Crippen molar-refractivity contribution in [3.05, 3.63) is 11.6 Å². The Hall–Kier alpha value is -0.790. The SMILES string of the molecule is CC1=CC(=O)OC[C@@H](C)C1. The largest absolute Gasteiger partial charge is 0.462 e. The van der Waals surface area contributed by atoms with Gasteiger partial charge in [0.15, 0.2) is 0 Å². The molecule has 1 rings (SSSR count). The number of hydrogen-bond donors (Lipinski definition) is 0. The highest BCUT2D eigenvalue weighted by molar-refractivity contribution is 5.82. The van der Waals surface area contributed by atoms with Gasteiger partial charge in [-0.3, -0.25) is 0 Å². The molecule has 0 aromatic heterocycles. The first kappa shape index (κ1) is 7.32. The molecular formula is C8H12O2. The third-order valence-electron chi connectivity index (χ3n) is 1.54. The summed E-state index contributed by atoms with van der Waals surface area (Å²) in [6.07, 6.45) is 2.55. The number of hydrogen-bond acceptors (Lipinski definition) is 2. The highest BCUT2D eigenvalue weighted by Crippen LogP contribution is 2.14. The van der Waals surface area contributed by atoms with E-state index in [0.717, 1.165) is 12.0 Å². The van der Waals surface area contributed by atoms with Crippen LogP contribution in [0.2, 0.25) is 0 Å². The first-order chi connectivity index (χ1) is 4.68. The lowest BCUT2D eigenvalue weighted by molar-refractivity contribution is -0.138. The van der Waals surface area contributed by atoms with Gasteiger partial charge in [0, 0.05) is 6.08 Å². The minimum Gasteiger partial charge on any atom is -0.462 e. The maximum absolute atomic E-state index is 10.7. The van der Waals surface area contributed by atoms with Crippen molar-refractivity contribution in [2.75, 3.05) is 6.61 Å². The zero-order valence-corrected chi connectivity index (χ0v) is 6.39. The molecule has 0 aromatic carbocycles. The van der Waals surface area contributed by atoms with Crippen LogP contribution in [0, 0.1) is 5.92 Å². The van der Waals surface area contributed by atoms with Crippen LogP contribution in [-0.2, 0) is 9.53 Å². The van der Waals surface area contributed by atoms with Crippen LogP contribution in [0.5, 0.6) is 0 Å². The third-order valence-corrected chi connectivity index (χ3v) is 1.54. The summed E-state index contributed by atoms with van der Waals surface area (Å²) in [4.78, 5) is 10.7. The lowest BCUT2D eigenvalue weighted by Crippen LogP contribution is -2.05. The summed E-state index contributed by atoms with van der Waals surface area (Å²) < 4.78 is 4.87. The number of carbonyl (C=O) groups is 1. The zero-order valence-electron chi connectivity index (χ0n) is 6.39. The number of esters is 1. The van der Waals surface area contributed by atoms with E-state index in [-0.39, 0.29) is 5.97 Å². The molecule has 0 aliphatic carbocycles. The van der Waals surface area contributed by atoms with Crippen molar-refractivity contribution in [2.24, 2.45) is 5.92 Å². The number of ether oxygens (including phenoxy) is 1. The van der Waals surface area contributed by atoms with Crippen LogP contribution in [0.4, 0.5) is 0 Å². The number of allylic oxidation sites excluding steroid dienone is 1. The van der Waals surface area contributed by atoms with Gasteiger partial charge in [0.1, 0.15) is 0 Å². The summed E-state index contributed by atoms with van der Waals surface area (Å²) in [7, 11) is 0. The molecule has 0 N–H and O–H groups in total. The summed E-state index contributed by atoms with van der Waals surface area (Å²) in [6, 6.07) is 0. The molecule has 1 heterocycles. The summed E-state index contributed by atoms with van der Waals surface area (Å²) in [5, 5.41) is 0. The van der Waals surface area contributed by atoms with Gasteiger partial charge in [-0.2, -0.15) is 0 Å². The van der Waals surface area contributed by atoms with Crippen molar-refractivity contribution in [1.82, 2.24) is 0 Å². The summed E-state index contributed by atoms with van der Waals surface area (Å²) in [6.45, 7) is 4.60. The van der Waals surface area contributed by atoms with Crippen molar-refractivity contribution in [2.45, 2.75) is 20.3 Å². The van der Waals surface area contributed by atoms with E-state index in [1.807, 2.05) is 6.92 Å². The van der Waals surface area contributed by atoms with Crippen LogP contribution < -0.4 is 0 Å². The second-order valence-corrected chi connectivity index (χ2v) is 2.93. The Kier molecular flexibility index (Phi) is 2.10. The van der Waals surface area contributed by atoms with Crippen LogP contribution in [0.1, 0.15) is 20.3 Å². The molecule has 0 fully saturated rings. The Morgan fingerprint density at radius 2 is 2.40 bits per heavy atom. The second-order valence-electron chi connectivity index (χ2n) is 2.93. The van der Waals surface area contributed by atoms with Crippen molar-refractivity contribution in [3.63, 3.8) is 0 Å². The van der Waals surface area contributed by atoms with Gasteiger partial charge in [0.2, 0.25) is 0 Å². The maximum Gasteiger partial charge on any atom is 0.330 e. The van der Waals surface area contributed by atoms with Gasteiger partial charge in [-0.25, -0.2) is 4.79 Å². The smallest absolute Gasteiger partial charge is 0.330 e. The first-order valence-corrected chi connectivity index (χ1v) is 3.52. The van der Waals surface area contributed by atoms with Gasteiger partial charge in [0.05, 0.1) is 6.61 Å². The molecule has 0 unspecified atom stereocenters. The highest BCUT2D eigenvalue weighted by atomic mass is 16.5. The van der Waals surface area contributed by atoms with Gasteiger partial charge in [0.25, 0.3) is 0 Å². The lowest BCUT2D eigenvalue weighted by Gasteiger charge is -2.05. The molecule has 1 atom stereocenters. The molecule has 0 radical (unpaired) electrons. The normalized spacial score (nSPS) is 26.8. The van der Waals surface area contributed by atoms with Gasteiger partial charge in [-0.1, -0.05) is 12.5 Å². The van der Waals surface area contributed by atoms with Crippen molar-refractivity contribution >= 4 is 5.97 Å². The van der Waals surface area contributed by atoms with Crippen LogP contribution in [0.15, 0.2) is 11.6 Å². The maximum atomic E-state index is 10.7. The molecule has 2 nitrogen and oxygen atoms in total. The average Bonchev–Trinajstić information content (AvgIpc) is 1.93. The summed E-state index contributed by atoms with van der Waals surface area (Å²) >= 11 is 0. The van der Waals surface area contributed by atoms with Gasteiger partial charge in [-0.15, -0.1) is 0 Å². The molecule has 0 spiro atoms. The van der Waals surface area contributed by atoms with Crippen LogP contribution >= 0.6 is 0 Å². The van der Waals surface area contributed by atoms with E-state index in [1.54, 1.807) is 6.08 Å².